The first-order valence-electron chi connectivity index (χ1n) is 6.16. The molecular formula is C13H10BrN3OS2. The summed E-state index contributed by atoms with van der Waals surface area (Å²) in [4.78, 5) is 2.16. The molecule has 0 N–H and O–H groups in total. The molecule has 1 atom stereocenters. The van der Waals surface area contributed by atoms with Crippen molar-refractivity contribution >= 4 is 44.2 Å². The number of thioether (sulfide) groups is 1. The average molecular weight is 368 g/mol. The van der Waals surface area contributed by atoms with Gasteiger partial charge in [0.1, 0.15) is 11.1 Å². The van der Waals surface area contributed by atoms with Gasteiger partial charge in [-0.3, -0.25) is 0 Å². The predicted molar refractivity (Wildman–Crippen MR) is 85.2 cm³/mol. The van der Waals surface area contributed by atoms with Crippen molar-refractivity contribution in [1.82, 2.24) is 10.2 Å². The Balaban J connectivity index is 1.67. The molecule has 0 aliphatic carbocycles. The largest absolute Gasteiger partial charge is 0.493 e. The van der Waals surface area contributed by atoms with Crippen LogP contribution in [0.15, 0.2) is 33.7 Å². The van der Waals surface area contributed by atoms with E-state index in [9.17, 15) is 0 Å². The highest BCUT2D eigenvalue weighted by molar-refractivity contribution is 9.11. The Hall–Kier alpha value is -1.05. The zero-order chi connectivity index (χ0) is 13.5. The molecule has 2 aliphatic heterocycles. The highest BCUT2D eigenvalue weighted by atomic mass is 79.9. The van der Waals surface area contributed by atoms with Crippen LogP contribution in [0, 0.1) is 0 Å². The molecule has 4 rings (SSSR count). The SMILES string of the molecule is Brc1nnc(N2C=CSC2c2ccc3c(c2)CCO3)s1. The third kappa shape index (κ3) is 2.13. The Morgan fingerprint density at radius 1 is 1.35 bits per heavy atom. The van der Waals surface area contributed by atoms with Crippen molar-refractivity contribution in [3.8, 4) is 5.75 Å². The maximum Gasteiger partial charge on any atom is 0.214 e. The number of ether oxygens (including phenoxy) is 1. The minimum absolute atomic E-state index is 0.223. The van der Waals surface area contributed by atoms with Crippen molar-refractivity contribution < 1.29 is 4.74 Å². The molecule has 1 aromatic carbocycles. The lowest BCUT2D eigenvalue weighted by molar-refractivity contribution is 0.357. The van der Waals surface area contributed by atoms with Crippen molar-refractivity contribution in [3.05, 3.63) is 44.9 Å². The molecule has 2 aliphatic rings. The summed E-state index contributed by atoms with van der Waals surface area (Å²) in [7, 11) is 0. The minimum Gasteiger partial charge on any atom is -0.493 e. The van der Waals surface area contributed by atoms with Crippen molar-refractivity contribution in [2.75, 3.05) is 11.5 Å². The summed E-state index contributed by atoms with van der Waals surface area (Å²) >= 11 is 6.69. The molecule has 3 heterocycles. The third-order valence-corrected chi connectivity index (χ3v) is 5.70. The Morgan fingerprint density at radius 2 is 2.30 bits per heavy atom. The molecule has 102 valence electrons. The van der Waals surface area contributed by atoms with Crippen LogP contribution in [-0.2, 0) is 6.42 Å². The third-order valence-electron chi connectivity index (χ3n) is 3.29. The summed E-state index contributed by atoms with van der Waals surface area (Å²) in [6.45, 7) is 0.794. The van der Waals surface area contributed by atoms with E-state index >= 15 is 0 Å². The molecule has 1 aromatic heterocycles. The van der Waals surface area contributed by atoms with E-state index in [1.54, 1.807) is 11.8 Å². The maximum absolute atomic E-state index is 5.57. The van der Waals surface area contributed by atoms with E-state index in [0.29, 0.717) is 0 Å². The van der Waals surface area contributed by atoms with E-state index in [1.807, 2.05) is 0 Å². The Kier molecular flexibility index (Phi) is 3.20. The lowest BCUT2D eigenvalue weighted by Gasteiger charge is -2.22. The van der Waals surface area contributed by atoms with E-state index in [0.717, 1.165) is 27.8 Å². The maximum atomic E-state index is 5.57. The smallest absolute Gasteiger partial charge is 0.214 e. The van der Waals surface area contributed by atoms with Crippen molar-refractivity contribution in [2.24, 2.45) is 0 Å². The van der Waals surface area contributed by atoms with Crippen LogP contribution in [0.25, 0.3) is 0 Å². The molecule has 0 amide bonds. The number of hydrogen-bond acceptors (Lipinski definition) is 6. The van der Waals surface area contributed by atoms with Gasteiger partial charge in [-0.05, 0) is 44.6 Å². The van der Waals surface area contributed by atoms with E-state index in [4.69, 9.17) is 4.74 Å². The number of hydrogen-bond donors (Lipinski definition) is 0. The Morgan fingerprint density at radius 3 is 3.15 bits per heavy atom. The van der Waals surface area contributed by atoms with Crippen LogP contribution in [0.1, 0.15) is 16.5 Å². The van der Waals surface area contributed by atoms with Gasteiger partial charge in [0.2, 0.25) is 5.13 Å². The van der Waals surface area contributed by atoms with Gasteiger partial charge in [-0.25, -0.2) is 0 Å². The van der Waals surface area contributed by atoms with E-state index in [1.165, 1.54) is 22.5 Å². The summed E-state index contributed by atoms with van der Waals surface area (Å²) in [5.74, 6) is 1.02. The van der Waals surface area contributed by atoms with Crippen LogP contribution in [-0.4, -0.2) is 16.8 Å². The fourth-order valence-electron chi connectivity index (χ4n) is 2.38. The lowest BCUT2D eigenvalue weighted by atomic mass is 10.1. The molecule has 2 aromatic rings. The number of rotatable bonds is 2. The van der Waals surface area contributed by atoms with Gasteiger partial charge >= 0.3 is 0 Å². The first kappa shape index (κ1) is 12.7. The minimum atomic E-state index is 0.223. The van der Waals surface area contributed by atoms with Crippen LogP contribution in [0.4, 0.5) is 5.13 Å². The van der Waals surface area contributed by atoms with Crippen LogP contribution in [0.2, 0.25) is 0 Å². The first-order valence-corrected chi connectivity index (χ1v) is 8.71. The molecule has 0 saturated carbocycles. The van der Waals surface area contributed by atoms with E-state index in [-0.39, 0.29) is 5.37 Å². The van der Waals surface area contributed by atoms with Crippen molar-refractivity contribution in [2.45, 2.75) is 11.8 Å². The topological polar surface area (TPSA) is 38.2 Å². The summed E-state index contributed by atoms with van der Waals surface area (Å²) in [6.07, 6.45) is 3.06. The van der Waals surface area contributed by atoms with Gasteiger partial charge < -0.3 is 9.64 Å². The number of benzene rings is 1. The summed E-state index contributed by atoms with van der Waals surface area (Å²) in [5, 5.41) is 11.5. The molecule has 1 unspecified atom stereocenters. The molecule has 7 heteroatoms. The summed E-state index contributed by atoms with van der Waals surface area (Å²) in [5.41, 5.74) is 2.57. The lowest BCUT2D eigenvalue weighted by Crippen LogP contribution is -2.16. The van der Waals surface area contributed by atoms with Crippen LogP contribution in [0.3, 0.4) is 0 Å². The zero-order valence-corrected chi connectivity index (χ0v) is 13.5. The number of nitrogens with zero attached hydrogens (tertiary/aromatic N) is 3. The molecule has 0 saturated heterocycles. The Labute approximate surface area is 133 Å². The second-order valence-electron chi connectivity index (χ2n) is 4.48. The average Bonchev–Trinajstić information content (AvgIpc) is 3.17. The molecule has 20 heavy (non-hydrogen) atoms. The number of fused-ring (bicyclic) bond motifs is 1. The van der Waals surface area contributed by atoms with E-state index < -0.39 is 0 Å². The second kappa shape index (κ2) is 5.05. The Bertz CT molecular complexity index is 688. The van der Waals surface area contributed by atoms with Crippen LogP contribution in [0.5, 0.6) is 5.75 Å². The van der Waals surface area contributed by atoms with E-state index in [2.05, 4.69) is 60.8 Å². The standard InChI is InChI=1S/C13H10BrN3OS2/c14-12-15-16-13(20-12)17-4-6-19-11(17)9-1-2-10-8(7-9)3-5-18-10/h1-2,4,6-7,11H,3,5H2. The van der Waals surface area contributed by atoms with Gasteiger partial charge in [-0.15, -0.1) is 22.0 Å². The second-order valence-corrected chi connectivity index (χ2v) is 7.71. The molecule has 0 spiro atoms. The van der Waals surface area contributed by atoms with Crippen LogP contribution < -0.4 is 9.64 Å². The quantitative estimate of drug-likeness (QED) is 0.802. The zero-order valence-electron chi connectivity index (χ0n) is 10.3. The van der Waals surface area contributed by atoms with Crippen LogP contribution >= 0.6 is 39.0 Å². The fraction of sp³-hybridized carbons (Fsp3) is 0.231. The monoisotopic (exact) mass is 367 g/mol. The van der Waals surface area contributed by atoms with Gasteiger partial charge in [0, 0.05) is 12.6 Å². The summed E-state index contributed by atoms with van der Waals surface area (Å²) < 4.78 is 6.37. The number of anilines is 1. The normalized spacial score (nSPS) is 20.2. The highest BCUT2D eigenvalue weighted by Gasteiger charge is 2.27. The van der Waals surface area contributed by atoms with Gasteiger partial charge in [0.25, 0.3) is 0 Å². The number of aromatic nitrogens is 2. The molecule has 0 bridgehead atoms. The molecule has 4 nitrogen and oxygen atoms in total. The van der Waals surface area contributed by atoms with Gasteiger partial charge in [0.05, 0.1) is 6.61 Å². The van der Waals surface area contributed by atoms with Crippen molar-refractivity contribution in [3.63, 3.8) is 0 Å². The van der Waals surface area contributed by atoms with Crippen molar-refractivity contribution in [1.29, 1.82) is 0 Å². The van der Waals surface area contributed by atoms with Gasteiger partial charge in [-0.1, -0.05) is 17.4 Å². The first-order chi connectivity index (χ1) is 9.81. The van der Waals surface area contributed by atoms with Gasteiger partial charge in [-0.2, -0.15) is 0 Å². The molecule has 0 radical (unpaired) electrons. The highest BCUT2D eigenvalue weighted by Crippen LogP contribution is 2.44. The number of halogens is 1. The summed E-state index contributed by atoms with van der Waals surface area (Å²) in [6, 6.07) is 6.46. The fourth-order valence-corrected chi connectivity index (χ4v) is 4.51. The molecular weight excluding hydrogens is 358 g/mol. The molecule has 0 fully saturated rings. The van der Waals surface area contributed by atoms with Gasteiger partial charge in [0.15, 0.2) is 3.92 Å². The predicted octanol–water partition coefficient (Wildman–Crippen LogP) is 3.96.